The molecule has 0 atom stereocenters. The van der Waals surface area contributed by atoms with Gasteiger partial charge in [-0.25, -0.2) is 0 Å². The molecule has 0 aliphatic carbocycles. The number of ether oxygens (including phenoxy) is 1. The van der Waals surface area contributed by atoms with Crippen molar-refractivity contribution in [1.29, 1.82) is 0 Å². The van der Waals surface area contributed by atoms with Crippen LogP contribution in [0.15, 0.2) is 30.5 Å². The smallest absolute Gasteiger partial charge is 0.253 e. The summed E-state index contributed by atoms with van der Waals surface area (Å²) in [6.45, 7) is 1.56. The van der Waals surface area contributed by atoms with Crippen LogP contribution in [-0.2, 0) is 4.74 Å². The lowest BCUT2D eigenvalue weighted by atomic mass is 10.1. The Morgan fingerprint density at radius 1 is 1.32 bits per heavy atom. The van der Waals surface area contributed by atoms with Crippen LogP contribution >= 0.6 is 0 Å². The molecule has 100 valence electrons. The summed E-state index contributed by atoms with van der Waals surface area (Å²) in [4.78, 5) is 17.5. The summed E-state index contributed by atoms with van der Waals surface area (Å²) in [5, 5.41) is 1.08. The Hall–Kier alpha value is -1.81. The molecule has 1 fully saturated rings. The van der Waals surface area contributed by atoms with Gasteiger partial charge in [-0.05, 0) is 37.1 Å². The van der Waals surface area contributed by atoms with Crippen molar-refractivity contribution in [3.05, 3.63) is 36.0 Å². The fourth-order valence-electron chi connectivity index (χ4n) is 2.66. The quantitative estimate of drug-likeness (QED) is 0.899. The van der Waals surface area contributed by atoms with E-state index in [2.05, 4.69) is 4.98 Å². The lowest BCUT2D eigenvalue weighted by Crippen LogP contribution is -2.40. The minimum atomic E-state index is 0.123. The Balaban J connectivity index is 1.76. The second-order valence-corrected chi connectivity index (χ2v) is 5.01. The predicted molar refractivity (Wildman–Crippen MR) is 74.2 cm³/mol. The summed E-state index contributed by atoms with van der Waals surface area (Å²) in [7, 11) is 1.74. The molecule has 0 bridgehead atoms. The molecule has 1 aliphatic rings. The molecule has 0 radical (unpaired) electrons. The van der Waals surface area contributed by atoms with Crippen molar-refractivity contribution in [2.45, 2.75) is 18.9 Å². The molecule has 3 rings (SSSR count). The normalized spacial score (nSPS) is 17.0. The lowest BCUT2D eigenvalue weighted by Gasteiger charge is -2.31. The van der Waals surface area contributed by atoms with Gasteiger partial charge < -0.3 is 14.6 Å². The number of fused-ring (bicyclic) bond motifs is 1. The van der Waals surface area contributed by atoms with Gasteiger partial charge in [0.1, 0.15) is 0 Å². The van der Waals surface area contributed by atoms with Gasteiger partial charge in [0.05, 0.1) is 6.10 Å². The van der Waals surface area contributed by atoms with Gasteiger partial charge in [-0.3, -0.25) is 4.79 Å². The number of H-pyrrole nitrogens is 1. The number of carbonyl (C=O) groups is 1. The van der Waals surface area contributed by atoms with Gasteiger partial charge >= 0.3 is 0 Å². The van der Waals surface area contributed by atoms with E-state index < -0.39 is 0 Å². The average molecular weight is 258 g/mol. The molecule has 1 aromatic heterocycles. The van der Waals surface area contributed by atoms with Crippen molar-refractivity contribution in [3.8, 4) is 0 Å². The molecule has 1 N–H and O–H groups in total. The molecule has 2 aromatic rings. The van der Waals surface area contributed by atoms with Gasteiger partial charge in [-0.1, -0.05) is 0 Å². The van der Waals surface area contributed by atoms with E-state index in [1.807, 2.05) is 35.4 Å². The van der Waals surface area contributed by atoms with E-state index in [1.165, 1.54) is 0 Å². The number of aromatic amines is 1. The van der Waals surface area contributed by atoms with Crippen molar-refractivity contribution in [3.63, 3.8) is 0 Å². The number of nitrogens with one attached hydrogen (secondary N) is 1. The van der Waals surface area contributed by atoms with Crippen molar-refractivity contribution < 1.29 is 9.53 Å². The SMILES string of the molecule is COC1CCN(C(=O)c2ccc3[nH]ccc3c2)CC1. The zero-order valence-electron chi connectivity index (χ0n) is 11.1. The number of nitrogens with zero attached hydrogens (tertiary/aromatic N) is 1. The van der Waals surface area contributed by atoms with E-state index in [1.54, 1.807) is 7.11 Å². The molecular formula is C15H18N2O2. The molecule has 1 saturated heterocycles. The molecule has 0 spiro atoms. The van der Waals surface area contributed by atoms with Crippen molar-refractivity contribution >= 4 is 16.8 Å². The van der Waals surface area contributed by atoms with Gasteiger partial charge in [0, 0.05) is 42.9 Å². The van der Waals surface area contributed by atoms with Gasteiger partial charge in [-0.2, -0.15) is 0 Å². The molecule has 0 saturated carbocycles. The van der Waals surface area contributed by atoms with Crippen LogP contribution in [0.1, 0.15) is 23.2 Å². The minimum Gasteiger partial charge on any atom is -0.381 e. The molecule has 4 heteroatoms. The summed E-state index contributed by atoms with van der Waals surface area (Å²) in [6.07, 6.45) is 4.04. The number of piperidine rings is 1. The highest BCUT2D eigenvalue weighted by Crippen LogP contribution is 2.19. The number of aromatic nitrogens is 1. The topological polar surface area (TPSA) is 45.3 Å². The average Bonchev–Trinajstić information content (AvgIpc) is 2.94. The third-order valence-electron chi connectivity index (χ3n) is 3.86. The molecule has 1 aliphatic heterocycles. The summed E-state index contributed by atoms with van der Waals surface area (Å²) in [5.74, 6) is 0.123. The van der Waals surface area contributed by atoms with Crippen molar-refractivity contribution in [2.75, 3.05) is 20.2 Å². The van der Waals surface area contributed by atoms with E-state index in [9.17, 15) is 4.79 Å². The first-order chi connectivity index (χ1) is 9.28. The maximum Gasteiger partial charge on any atom is 0.253 e. The van der Waals surface area contributed by atoms with Crippen LogP contribution in [0.5, 0.6) is 0 Å². The Morgan fingerprint density at radius 2 is 2.11 bits per heavy atom. The predicted octanol–water partition coefficient (Wildman–Crippen LogP) is 2.42. The second kappa shape index (κ2) is 5.05. The van der Waals surface area contributed by atoms with Crippen LogP contribution in [-0.4, -0.2) is 42.1 Å². The number of benzene rings is 1. The van der Waals surface area contributed by atoms with Crippen LogP contribution in [0.2, 0.25) is 0 Å². The van der Waals surface area contributed by atoms with Crippen LogP contribution < -0.4 is 0 Å². The molecular weight excluding hydrogens is 240 g/mol. The number of hydrogen-bond donors (Lipinski definition) is 1. The highest BCUT2D eigenvalue weighted by atomic mass is 16.5. The first-order valence-electron chi connectivity index (χ1n) is 6.67. The third-order valence-corrected chi connectivity index (χ3v) is 3.86. The van der Waals surface area contributed by atoms with Crippen LogP contribution in [0.4, 0.5) is 0 Å². The molecule has 1 amide bonds. The fraction of sp³-hybridized carbons (Fsp3) is 0.400. The first kappa shape index (κ1) is 12.2. The number of likely N-dealkylation sites (tertiary alicyclic amines) is 1. The highest BCUT2D eigenvalue weighted by molar-refractivity contribution is 5.98. The number of hydrogen-bond acceptors (Lipinski definition) is 2. The summed E-state index contributed by atoms with van der Waals surface area (Å²) < 4.78 is 5.33. The molecule has 2 heterocycles. The van der Waals surface area contributed by atoms with Gasteiger partial charge in [0.15, 0.2) is 0 Å². The van der Waals surface area contributed by atoms with Gasteiger partial charge in [-0.15, -0.1) is 0 Å². The lowest BCUT2D eigenvalue weighted by molar-refractivity contribution is 0.0351. The zero-order valence-corrected chi connectivity index (χ0v) is 11.1. The summed E-state index contributed by atoms with van der Waals surface area (Å²) in [6, 6.07) is 7.80. The second-order valence-electron chi connectivity index (χ2n) is 5.01. The number of rotatable bonds is 2. The number of amides is 1. The Morgan fingerprint density at radius 3 is 2.84 bits per heavy atom. The molecule has 19 heavy (non-hydrogen) atoms. The fourth-order valence-corrected chi connectivity index (χ4v) is 2.66. The molecule has 0 unspecified atom stereocenters. The van der Waals surface area contributed by atoms with Crippen molar-refractivity contribution in [1.82, 2.24) is 9.88 Å². The molecule has 4 nitrogen and oxygen atoms in total. The Kier molecular flexibility index (Phi) is 3.25. The Bertz CT molecular complexity index is 583. The summed E-state index contributed by atoms with van der Waals surface area (Å²) in [5.41, 5.74) is 1.83. The van der Waals surface area contributed by atoms with Crippen LogP contribution in [0.25, 0.3) is 10.9 Å². The third kappa shape index (κ3) is 2.36. The van der Waals surface area contributed by atoms with E-state index >= 15 is 0 Å². The van der Waals surface area contributed by atoms with Gasteiger partial charge in [0.25, 0.3) is 5.91 Å². The van der Waals surface area contributed by atoms with Crippen LogP contribution in [0.3, 0.4) is 0 Å². The maximum absolute atomic E-state index is 12.4. The number of methoxy groups -OCH3 is 1. The van der Waals surface area contributed by atoms with E-state index in [0.717, 1.165) is 42.4 Å². The largest absolute Gasteiger partial charge is 0.381 e. The van der Waals surface area contributed by atoms with Gasteiger partial charge in [0.2, 0.25) is 0 Å². The van der Waals surface area contributed by atoms with E-state index in [4.69, 9.17) is 4.74 Å². The standard InChI is InChI=1S/C15H18N2O2/c1-19-13-5-8-17(9-6-13)15(18)12-2-3-14-11(10-12)4-7-16-14/h2-4,7,10,13,16H,5-6,8-9H2,1H3. The van der Waals surface area contributed by atoms with E-state index in [0.29, 0.717) is 6.10 Å². The minimum absolute atomic E-state index is 0.123. The maximum atomic E-state index is 12.4. The first-order valence-corrected chi connectivity index (χ1v) is 6.67. The monoisotopic (exact) mass is 258 g/mol. The highest BCUT2D eigenvalue weighted by Gasteiger charge is 2.23. The zero-order chi connectivity index (χ0) is 13.2. The number of carbonyl (C=O) groups excluding carboxylic acids is 1. The van der Waals surface area contributed by atoms with E-state index in [-0.39, 0.29) is 5.91 Å². The Labute approximate surface area is 112 Å². The summed E-state index contributed by atoms with van der Waals surface area (Å²) >= 11 is 0. The molecule has 1 aromatic carbocycles. The van der Waals surface area contributed by atoms with Crippen LogP contribution in [0, 0.1) is 0 Å². The van der Waals surface area contributed by atoms with Crippen molar-refractivity contribution in [2.24, 2.45) is 0 Å².